The molecule has 5 heteroatoms. The predicted molar refractivity (Wildman–Crippen MR) is 112 cm³/mol. The van der Waals surface area contributed by atoms with E-state index in [2.05, 4.69) is 0 Å². The van der Waals surface area contributed by atoms with E-state index in [0.717, 1.165) is 27.4 Å². The third kappa shape index (κ3) is 3.85. The Hall–Kier alpha value is -2.92. The smallest absolute Gasteiger partial charge is 0.268 e. The van der Waals surface area contributed by atoms with Crippen molar-refractivity contribution in [2.24, 2.45) is 0 Å². The van der Waals surface area contributed by atoms with Gasteiger partial charge in [-0.3, -0.25) is 4.79 Å². The molecule has 28 heavy (non-hydrogen) atoms. The van der Waals surface area contributed by atoms with E-state index >= 15 is 0 Å². The molecule has 1 amide bonds. The normalized spacial score (nSPS) is 11.2. The summed E-state index contributed by atoms with van der Waals surface area (Å²) in [5, 5.41) is 0. The second-order valence-electron chi connectivity index (χ2n) is 6.72. The van der Waals surface area contributed by atoms with Gasteiger partial charge in [0.15, 0.2) is 0 Å². The van der Waals surface area contributed by atoms with Crippen LogP contribution in [0, 0.1) is 13.8 Å². The van der Waals surface area contributed by atoms with Gasteiger partial charge in [-0.25, -0.2) is 8.42 Å². The van der Waals surface area contributed by atoms with Crippen molar-refractivity contribution in [3.63, 3.8) is 0 Å². The number of amides is 1. The van der Waals surface area contributed by atoms with Gasteiger partial charge in [0, 0.05) is 5.56 Å². The molecule has 0 atom stereocenters. The molecule has 0 saturated heterocycles. The lowest BCUT2D eigenvalue weighted by Crippen LogP contribution is -2.37. The molecule has 0 bridgehead atoms. The summed E-state index contributed by atoms with van der Waals surface area (Å²) in [5.74, 6) is -0.567. The van der Waals surface area contributed by atoms with Crippen LogP contribution in [0.15, 0.2) is 77.7 Å². The average Bonchev–Trinajstić information content (AvgIpc) is 2.69. The number of hydrogen-bond acceptors (Lipinski definition) is 3. The van der Waals surface area contributed by atoms with Crippen molar-refractivity contribution in [2.75, 3.05) is 4.31 Å². The monoisotopic (exact) mass is 393 g/mol. The van der Waals surface area contributed by atoms with E-state index in [1.165, 1.54) is 12.1 Å². The van der Waals surface area contributed by atoms with E-state index < -0.39 is 15.9 Å². The van der Waals surface area contributed by atoms with E-state index in [4.69, 9.17) is 0 Å². The zero-order valence-corrected chi connectivity index (χ0v) is 17.0. The fourth-order valence-corrected chi connectivity index (χ4v) is 4.38. The zero-order valence-electron chi connectivity index (χ0n) is 16.2. The summed E-state index contributed by atoms with van der Waals surface area (Å²) in [6, 6.07) is 20.6. The molecule has 0 aliphatic carbocycles. The number of aryl methyl sites for hydroxylation is 3. The number of anilines is 1. The van der Waals surface area contributed by atoms with Crippen LogP contribution in [0.2, 0.25) is 0 Å². The lowest BCUT2D eigenvalue weighted by Gasteiger charge is -2.24. The van der Waals surface area contributed by atoms with Crippen LogP contribution >= 0.6 is 0 Å². The third-order valence-corrected chi connectivity index (χ3v) is 6.42. The fraction of sp³-hybridized carbons (Fsp3) is 0.174. The summed E-state index contributed by atoms with van der Waals surface area (Å²) in [7, 11) is -4.07. The molecule has 0 N–H and O–H groups in total. The molecule has 0 unspecified atom stereocenters. The highest BCUT2D eigenvalue weighted by Gasteiger charge is 2.32. The molecule has 0 aliphatic rings. The average molecular weight is 394 g/mol. The first-order chi connectivity index (χ1) is 13.3. The molecule has 144 valence electrons. The Balaban J connectivity index is 2.17. The van der Waals surface area contributed by atoms with Crippen LogP contribution < -0.4 is 4.31 Å². The van der Waals surface area contributed by atoms with E-state index in [1.54, 1.807) is 49.4 Å². The van der Waals surface area contributed by atoms with Crippen LogP contribution in [-0.2, 0) is 16.4 Å². The summed E-state index contributed by atoms with van der Waals surface area (Å²) in [6.45, 7) is 5.70. The van der Waals surface area contributed by atoms with Gasteiger partial charge in [-0.15, -0.1) is 0 Å². The molecule has 0 heterocycles. The zero-order chi connectivity index (χ0) is 20.3. The number of benzene rings is 3. The predicted octanol–water partition coefficient (Wildman–Crippen LogP) is 4.90. The van der Waals surface area contributed by atoms with E-state index in [-0.39, 0.29) is 4.90 Å². The van der Waals surface area contributed by atoms with Crippen molar-refractivity contribution in [1.29, 1.82) is 0 Å². The highest BCUT2D eigenvalue weighted by molar-refractivity contribution is 7.93. The number of carbonyl (C=O) groups is 1. The lowest BCUT2D eigenvalue weighted by atomic mass is 10.1. The van der Waals surface area contributed by atoms with Crippen molar-refractivity contribution < 1.29 is 13.2 Å². The SMILES string of the molecule is CCc1ccc(N(C(=O)c2ccccc2C)S(=O)(=O)c2ccc(C)cc2)cc1. The molecular formula is C23H23NO3S. The Morgan fingerprint density at radius 2 is 1.46 bits per heavy atom. The summed E-state index contributed by atoms with van der Waals surface area (Å²) < 4.78 is 27.8. The van der Waals surface area contributed by atoms with Gasteiger partial charge < -0.3 is 0 Å². The van der Waals surface area contributed by atoms with E-state index in [0.29, 0.717) is 11.3 Å². The minimum atomic E-state index is -4.07. The molecule has 3 aromatic carbocycles. The van der Waals surface area contributed by atoms with E-state index in [9.17, 15) is 13.2 Å². The Labute approximate surface area is 166 Å². The Morgan fingerprint density at radius 1 is 0.857 bits per heavy atom. The maximum atomic E-state index is 13.4. The first kappa shape index (κ1) is 19.8. The van der Waals surface area contributed by atoms with Gasteiger partial charge in [0.25, 0.3) is 15.9 Å². The molecule has 3 aromatic rings. The first-order valence-electron chi connectivity index (χ1n) is 9.15. The van der Waals surface area contributed by atoms with Crippen LogP contribution in [-0.4, -0.2) is 14.3 Å². The molecule has 0 radical (unpaired) electrons. The number of nitrogens with zero attached hydrogens (tertiary/aromatic N) is 1. The Bertz CT molecular complexity index is 1090. The number of hydrogen-bond donors (Lipinski definition) is 0. The van der Waals surface area contributed by atoms with E-state index in [1.807, 2.05) is 32.0 Å². The van der Waals surface area contributed by atoms with Gasteiger partial charge in [0.2, 0.25) is 0 Å². The van der Waals surface area contributed by atoms with Crippen molar-refractivity contribution in [1.82, 2.24) is 0 Å². The van der Waals surface area contributed by atoms with Crippen LogP contribution in [0.3, 0.4) is 0 Å². The van der Waals surface area contributed by atoms with Gasteiger partial charge in [0.1, 0.15) is 0 Å². The summed E-state index contributed by atoms with van der Waals surface area (Å²) in [4.78, 5) is 13.4. The minimum Gasteiger partial charge on any atom is -0.268 e. The van der Waals surface area contributed by atoms with Gasteiger partial charge in [-0.05, 0) is 61.7 Å². The summed E-state index contributed by atoms with van der Waals surface area (Å²) in [6.07, 6.45) is 0.830. The molecule has 0 fully saturated rings. The quantitative estimate of drug-likeness (QED) is 0.619. The Morgan fingerprint density at radius 3 is 2.04 bits per heavy atom. The fourth-order valence-electron chi connectivity index (χ4n) is 2.97. The molecular weight excluding hydrogens is 370 g/mol. The maximum Gasteiger partial charge on any atom is 0.272 e. The van der Waals surface area contributed by atoms with Crippen LogP contribution in [0.5, 0.6) is 0 Å². The topological polar surface area (TPSA) is 54.5 Å². The number of carbonyl (C=O) groups excluding carboxylic acids is 1. The highest BCUT2D eigenvalue weighted by Crippen LogP contribution is 2.27. The summed E-state index contributed by atoms with van der Waals surface area (Å²) in [5.41, 5.74) is 3.42. The molecule has 4 nitrogen and oxygen atoms in total. The largest absolute Gasteiger partial charge is 0.272 e. The van der Waals surface area contributed by atoms with Crippen molar-refractivity contribution in [2.45, 2.75) is 32.1 Å². The van der Waals surface area contributed by atoms with Crippen molar-refractivity contribution in [3.05, 3.63) is 95.1 Å². The standard InChI is InChI=1S/C23H23NO3S/c1-4-19-11-13-20(14-12-19)24(23(25)22-8-6-5-7-18(22)3)28(26,27)21-15-9-17(2)10-16-21/h5-16H,4H2,1-3H3. The van der Waals surface area contributed by atoms with Crippen LogP contribution in [0.1, 0.15) is 34.0 Å². The molecule has 0 saturated carbocycles. The third-order valence-electron chi connectivity index (χ3n) is 4.70. The number of sulfonamides is 1. The van der Waals surface area contributed by atoms with Crippen LogP contribution in [0.4, 0.5) is 5.69 Å². The number of rotatable bonds is 5. The minimum absolute atomic E-state index is 0.0830. The first-order valence-corrected chi connectivity index (χ1v) is 10.6. The lowest BCUT2D eigenvalue weighted by molar-refractivity contribution is 0.100. The van der Waals surface area contributed by atoms with Gasteiger partial charge >= 0.3 is 0 Å². The van der Waals surface area contributed by atoms with Crippen LogP contribution in [0.25, 0.3) is 0 Å². The van der Waals surface area contributed by atoms with Crippen molar-refractivity contribution >= 4 is 21.6 Å². The van der Waals surface area contributed by atoms with Gasteiger partial charge in [-0.2, -0.15) is 4.31 Å². The molecule has 0 aromatic heterocycles. The Kier molecular flexibility index (Phi) is 5.66. The highest BCUT2D eigenvalue weighted by atomic mass is 32.2. The summed E-state index contributed by atoms with van der Waals surface area (Å²) >= 11 is 0. The molecule has 0 aliphatic heterocycles. The maximum absolute atomic E-state index is 13.4. The molecule has 0 spiro atoms. The molecule has 3 rings (SSSR count). The van der Waals surface area contributed by atoms with Gasteiger partial charge in [-0.1, -0.05) is 55.0 Å². The van der Waals surface area contributed by atoms with Gasteiger partial charge in [0.05, 0.1) is 10.6 Å². The van der Waals surface area contributed by atoms with Crippen molar-refractivity contribution in [3.8, 4) is 0 Å². The second-order valence-corrected chi connectivity index (χ2v) is 8.51. The second kappa shape index (κ2) is 7.98.